The van der Waals surface area contributed by atoms with Crippen LogP contribution in [0.2, 0.25) is 0 Å². The maximum absolute atomic E-state index is 12.7. The molecule has 1 aromatic carbocycles. The van der Waals surface area contributed by atoms with Gasteiger partial charge in [0, 0.05) is 31.4 Å². The number of carbonyl (C=O) groups excluding carboxylic acids is 2. The van der Waals surface area contributed by atoms with Crippen LogP contribution in [0.25, 0.3) is 0 Å². The highest BCUT2D eigenvalue weighted by Gasteiger charge is 2.31. The standard InChI is InChI=1S/C19H28N4O4S/c1-13(2)20-18(24)14(3)21-28(26,27)16-6-7-17-15(12-16)8-11-23(17)19(25)22-9-4-5-10-22/h6-7,12-14,21H,4-5,8-11H2,1-3H3,(H,20,24)/t14-/m1/s1. The zero-order valence-corrected chi connectivity index (χ0v) is 17.4. The summed E-state index contributed by atoms with van der Waals surface area (Å²) < 4.78 is 27.8. The fourth-order valence-electron chi connectivity index (χ4n) is 3.59. The summed E-state index contributed by atoms with van der Waals surface area (Å²) in [7, 11) is -3.84. The average molecular weight is 409 g/mol. The maximum atomic E-state index is 12.7. The predicted molar refractivity (Wildman–Crippen MR) is 107 cm³/mol. The van der Waals surface area contributed by atoms with Gasteiger partial charge in [-0.3, -0.25) is 9.69 Å². The molecule has 0 saturated carbocycles. The van der Waals surface area contributed by atoms with Crippen molar-refractivity contribution in [2.75, 3.05) is 24.5 Å². The van der Waals surface area contributed by atoms with Crippen LogP contribution in [0.4, 0.5) is 10.5 Å². The number of rotatable bonds is 5. The molecular formula is C19H28N4O4S. The molecule has 3 amide bonds. The molecule has 2 heterocycles. The first-order chi connectivity index (χ1) is 13.2. The number of sulfonamides is 1. The Bertz CT molecular complexity index is 863. The minimum Gasteiger partial charge on any atom is -0.353 e. The third-order valence-corrected chi connectivity index (χ3v) is 6.56. The SMILES string of the molecule is CC(C)NC(=O)[C@@H](C)NS(=O)(=O)c1ccc2c(c1)CCN2C(=O)N1CCCC1. The molecule has 0 aliphatic carbocycles. The molecule has 1 fully saturated rings. The van der Waals surface area contributed by atoms with E-state index in [0.29, 0.717) is 13.0 Å². The van der Waals surface area contributed by atoms with Gasteiger partial charge in [-0.2, -0.15) is 4.72 Å². The highest BCUT2D eigenvalue weighted by molar-refractivity contribution is 7.89. The van der Waals surface area contributed by atoms with E-state index in [1.54, 1.807) is 17.0 Å². The van der Waals surface area contributed by atoms with Crippen molar-refractivity contribution in [1.29, 1.82) is 0 Å². The van der Waals surface area contributed by atoms with Crippen molar-refractivity contribution in [3.8, 4) is 0 Å². The van der Waals surface area contributed by atoms with E-state index in [2.05, 4.69) is 10.0 Å². The normalized spacial score (nSPS) is 17.7. The number of amides is 3. The lowest BCUT2D eigenvalue weighted by Gasteiger charge is -2.24. The van der Waals surface area contributed by atoms with Crippen molar-refractivity contribution < 1.29 is 18.0 Å². The summed E-state index contributed by atoms with van der Waals surface area (Å²) in [5.41, 5.74) is 1.59. The number of nitrogens with one attached hydrogen (secondary N) is 2. The van der Waals surface area contributed by atoms with E-state index in [1.165, 1.54) is 13.0 Å². The van der Waals surface area contributed by atoms with Crippen molar-refractivity contribution >= 4 is 27.6 Å². The molecule has 0 spiro atoms. The summed E-state index contributed by atoms with van der Waals surface area (Å²) in [6.07, 6.45) is 2.66. The minimum atomic E-state index is -3.84. The Labute approximate surface area is 166 Å². The second-order valence-corrected chi connectivity index (χ2v) is 9.39. The molecule has 0 bridgehead atoms. The summed E-state index contributed by atoms with van der Waals surface area (Å²) >= 11 is 0. The minimum absolute atomic E-state index is 0.0102. The van der Waals surface area contributed by atoms with Gasteiger partial charge in [-0.05, 0) is 63.8 Å². The van der Waals surface area contributed by atoms with Crippen LogP contribution in [-0.4, -0.2) is 57.0 Å². The number of hydrogen-bond acceptors (Lipinski definition) is 4. The lowest BCUT2D eigenvalue weighted by atomic mass is 10.2. The Hall–Kier alpha value is -2.13. The van der Waals surface area contributed by atoms with Crippen molar-refractivity contribution in [3.63, 3.8) is 0 Å². The van der Waals surface area contributed by atoms with Gasteiger partial charge in [-0.15, -0.1) is 0 Å². The average Bonchev–Trinajstić information content (AvgIpc) is 3.29. The monoisotopic (exact) mass is 408 g/mol. The van der Waals surface area contributed by atoms with Gasteiger partial charge in [0.05, 0.1) is 10.9 Å². The van der Waals surface area contributed by atoms with Crippen LogP contribution in [-0.2, 0) is 21.2 Å². The van der Waals surface area contributed by atoms with Crippen molar-refractivity contribution in [2.45, 2.75) is 57.0 Å². The molecule has 0 unspecified atom stereocenters. The highest BCUT2D eigenvalue weighted by Crippen LogP contribution is 2.31. The van der Waals surface area contributed by atoms with Gasteiger partial charge in [0.1, 0.15) is 0 Å². The summed E-state index contributed by atoms with van der Waals surface area (Å²) in [5, 5.41) is 2.69. The Morgan fingerprint density at radius 1 is 1.07 bits per heavy atom. The zero-order chi connectivity index (χ0) is 20.5. The zero-order valence-electron chi connectivity index (χ0n) is 16.6. The second kappa shape index (κ2) is 8.08. The fourth-order valence-corrected chi connectivity index (χ4v) is 4.84. The number of fused-ring (bicyclic) bond motifs is 1. The summed E-state index contributed by atoms with van der Waals surface area (Å²) in [6, 6.07) is 3.81. The van der Waals surface area contributed by atoms with Crippen molar-refractivity contribution in [2.24, 2.45) is 0 Å². The number of hydrogen-bond donors (Lipinski definition) is 2. The number of anilines is 1. The second-order valence-electron chi connectivity index (χ2n) is 7.68. The van der Waals surface area contributed by atoms with E-state index in [-0.39, 0.29) is 22.9 Å². The largest absolute Gasteiger partial charge is 0.353 e. The smallest absolute Gasteiger partial charge is 0.324 e. The predicted octanol–water partition coefficient (Wildman–Crippen LogP) is 1.46. The number of likely N-dealkylation sites (tertiary alicyclic amines) is 1. The van der Waals surface area contributed by atoms with E-state index in [9.17, 15) is 18.0 Å². The van der Waals surface area contributed by atoms with Gasteiger partial charge in [0.15, 0.2) is 0 Å². The molecule has 2 N–H and O–H groups in total. The van der Waals surface area contributed by atoms with Gasteiger partial charge < -0.3 is 10.2 Å². The van der Waals surface area contributed by atoms with Crippen LogP contribution in [0.1, 0.15) is 39.2 Å². The molecule has 1 saturated heterocycles. The Morgan fingerprint density at radius 3 is 2.39 bits per heavy atom. The van der Waals surface area contributed by atoms with E-state index >= 15 is 0 Å². The number of carbonyl (C=O) groups is 2. The van der Waals surface area contributed by atoms with Gasteiger partial charge in [-0.1, -0.05) is 0 Å². The van der Waals surface area contributed by atoms with Crippen molar-refractivity contribution in [3.05, 3.63) is 23.8 Å². The molecule has 8 nitrogen and oxygen atoms in total. The third-order valence-electron chi connectivity index (χ3n) is 5.02. The molecule has 2 aliphatic heterocycles. The quantitative estimate of drug-likeness (QED) is 0.770. The lowest BCUT2D eigenvalue weighted by molar-refractivity contribution is -0.122. The summed E-state index contributed by atoms with van der Waals surface area (Å²) in [4.78, 5) is 28.4. The topological polar surface area (TPSA) is 98.8 Å². The van der Waals surface area contributed by atoms with Crippen LogP contribution in [0, 0.1) is 0 Å². The van der Waals surface area contributed by atoms with E-state index in [0.717, 1.165) is 37.2 Å². The Kier molecular flexibility index (Phi) is 5.95. The summed E-state index contributed by atoms with van der Waals surface area (Å²) in [5.74, 6) is -0.373. The summed E-state index contributed by atoms with van der Waals surface area (Å²) in [6.45, 7) is 7.24. The number of urea groups is 1. The van der Waals surface area contributed by atoms with Crippen LogP contribution in [0.15, 0.2) is 23.1 Å². The van der Waals surface area contributed by atoms with Gasteiger partial charge in [-0.25, -0.2) is 13.2 Å². The number of nitrogens with zero attached hydrogens (tertiary/aromatic N) is 2. The Morgan fingerprint density at radius 2 is 1.75 bits per heavy atom. The van der Waals surface area contributed by atoms with Crippen LogP contribution < -0.4 is 14.9 Å². The molecule has 28 heavy (non-hydrogen) atoms. The first-order valence-corrected chi connectivity index (χ1v) is 11.2. The third kappa shape index (κ3) is 4.30. The van der Waals surface area contributed by atoms with E-state index in [1.807, 2.05) is 18.7 Å². The van der Waals surface area contributed by atoms with Crippen LogP contribution >= 0.6 is 0 Å². The fraction of sp³-hybridized carbons (Fsp3) is 0.579. The van der Waals surface area contributed by atoms with Crippen LogP contribution in [0.3, 0.4) is 0 Å². The molecule has 3 rings (SSSR count). The molecule has 1 aromatic rings. The van der Waals surface area contributed by atoms with E-state index < -0.39 is 16.1 Å². The van der Waals surface area contributed by atoms with Gasteiger partial charge in [0.2, 0.25) is 15.9 Å². The van der Waals surface area contributed by atoms with Crippen LogP contribution in [0.5, 0.6) is 0 Å². The molecule has 1 atom stereocenters. The molecule has 154 valence electrons. The molecule has 2 aliphatic rings. The molecule has 0 radical (unpaired) electrons. The first-order valence-electron chi connectivity index (χ1n) is 9.71. The maximum Gasteiger partial charge on any atom is 0.324 e. The van der Waals surface area contributed by atoms with Gasteiger partial charge in [0.25, 0.3) is 0 Å². The first kappa shape index (κ1) is 20.6. The van der Waals surface area contributed by atoms with Gasteiger partial charge >= 0.3 is 6.03 Å². The Balaban J connectivity index is 1.74. The van der Waals surface area contributed by atoms with Crippen molar-refractivity contribution in [1.82, 2.24) is 14.9 Å². The lowest BCUT2D eigenvalue weighted by Crippen LogP contribution is -2.46. The molecule has 9 heteroatoms. The highest BCUT2D eigenvalue weighted by atomic mass is 32.2. The molecular weight excluding hydrogens is 380 g/mol. The number of benzene rings is 1. The van der Waals surface area contributed by atoms with E-state index in [4.69, 9.17) is 0 Å². The molecule has 0 aromatic heterocycles.